The maximum Gasteiger partial charge on any atom is 0.284 e. The van der Waals surface area contributed by atoms with E-state index in [-0.39, 0.29) is 29.7 Å². The van der Waals surface area contributed by atoms with E-state index in [1.165, 1.54) is 0 Å². The lowest BCUT2D eigenvalue weighted by Crippen LogP contribution is -2.43. The summed E-state index contributed by atoms with van der Waals surface area (Å²) in [5, 5.41) is 6.39. The van der Waals surface area contributed by atoms with Crippen molar-refractivity contribution in [2.75, 3.05) is 7.05 Å². The second kappa shape index (κ2) is 8.83. The molecule has 0 spiro atoms. The maximum absolute atomic E-state index is 10.9. The first-order valence-corrected chi connectivity index (χ1v) is 6.29. The number of nitrogens with zero attached hydrogens (tertiary/aromatic N) is 1. The Hall–Kier alpha value is -1.25. The lowest BCUT2D eigenvalue weighted by Gasteiger charge is -2.20. The minimum Gasteiger partial charge on any atom is -0.454 e. The highest BCUT2D eigenvalue weighted by Gasteiger charge is 2.10. The van der Waals surface area contributed by atoms with Crippen molar-refractivity contribution in [3.8, 4) is 0 Å². The highest BCUT2D eigenvalue weighted by molar-refractivity contribution is 14.0. The highest BCUT2D eigenvalue weighted by atomic mass is 127. The van der Waals surface area contributed by atoms with E-state index in [1.807, 2.05) is 0 Å². The van der Waals surface area contributed by atoms with E-state index in [0.717, 1.165) is 0 Å². The van der Waals surface area contributed by atoms with Crippen LogP contribution in [0.15, 0.2) is 21.5 Å². The molecule has 0 aliphatic rings. The van der Waals surface area contributed by atoms with Crippen LogP contribution in [0.5, 0.6) is 0 Å². The van der Waals surface area contributed by atoms with Crippen molar-refractivity contribution in [3.63, 3.8) is 0 Å². The van der Waals surface area contributed by atoms with Gasteiger partial charge in [0.25, 0.3) is 5.91 Å². The predicted molar refractivity (Wildman–Crippen MR) is 90.3 cm³/mol. The normalized spacial score (nSPS) is 12.8. The first kappa shape index (κ1) is 18.8. The smallest absolute Gasteiger partial charge is 0.284 e. The zero-order chi connectivity index (χ0) is 14.4. The zero-order valence-electron chi connectivity index (χ0n) is 12.3. The third-order valence-electron chi connectivity index (χ3n) is 2.92. The summed E-state index contributed by atoms with van der Waals surface area (Å²) in [4.78, 5) is 15.0. The van der Waals surface area contributed by atoms with Gasteiger partial charge in [0.15, 0.2) is 11.7 Å². The van der Waals surface area contributed by atoms with Crippen LogP contribution < -0.4 is 16.4 Å². The third-order valence-corrected chi connectivity index (χ3v) is 2.92. The number of carbonyl (C=O) groups excluding carboxylic acids is 1. The van der Waals surface area contributed by atoms with Gasteiger partial charge in [-0.2, -0.15) is 0 Å². The van der Waals surface area contributed by atoms with E-state index in [2.05, 4.69) is 36.4 Å². The number of amides is 1. The molecule has 114 valence electrons. The molecule has 7 heteroatoms. The summed E-state index contributed by atoms with van der Waals surface area (Å²) < 4.78 is 5.27. The molecule has 1 aromatic rings. The summed E-state index contributed by atoms with van der Waals surface area (Å²) in [5.41, 5.74) is 5.12. The van der Waals surface area contributed by atoms with Gasteiger partial charge in [0.05, 0.1) is 6.54 Å². The molecule has 0 saturated carbocycles. The number of carbonyl (C=O) groups is 1. The number of hydrogen-bond acceptors (Lipinski definition) is 3. The summed E-state index contributed by atoms with van der Waals surface area (Å²) in [6.07, 6.45) is 0. The van der Waals surface area contributed by atoms with E-state index in [9.17, 15) is 4.79 Å². The molecule has 0 fully saturated rings. The van der Waals surface area contributed by atoms with Gasteiger partial charge in [-0.3, -0.25) is 9.79 Å². The molecule has 1 heterocycles. The Morgan fingerprint density at radius 1 is 1.40 bits per heavy atom. The molecule has 20 heavy (non-hydrogen) atoms. The molecule has 0 saturated heterocycles. The van der Waals surface area contributed by atoms with E-state index in [0.29, 0.717) is 30.2 Å². The maximum atomic E-state index is 10.9. The van der Waals surface area contributed by atoms with Gasteiger partial charge in [0, 0.05) is 13.1 Å². The second-order valence-electron chi connectivity index (χ2n) is 4.73. The summed E-state index contributed by atoms with van der Waals surface area (Å²) in [6, 6.07) is 3.59. The molecule has 6 nitrogen and oxygen atoms in total. The van der Waals surface area contributed by atoms with Crippen molar-refractivity contribution in [2.24, 2.45) is 16.6 Å². The molecular weight excluding hydrogens is 371 g/mol. The van der Waals surface area contributed by atoms with Crippen molar-refractivity contribution in [3.05, 3.63) is 23.7 Å². The number of furan rings is 1. The minimum absolute atomic E-state index is 0. The van der Waals surface area contributed by atoms with Crippen LogP contribution in [0.3, 0.4) is 0 Å². The average Bonchev–Trinajstić information content (AvgIpc) is 2.82. The van der Waals surface area contributed by atoms with E-state index >= 15 is 0 Å². The fraction of sp³-hybridized carbons (Fsp3) is 0.538. The summed E-state index contributed by atoms with van der Waals surface area (Å²) >= 11 is 0. The second-order valence-corrected chi connectivity index (χ2v) is 4.73. The van der Waals surface area contributed by atoms with Crippen LogP contribution in [-0.4, -0.2) is 25.0 Å². The van der Waals surface area contributed by atoms with E-state index in [4.69, 9.17) is 10.2 Å². The quantitative estimate of drug-likeness (QED) is 0.403. The molecule has 4 N–H and O–H groups in total. The molecule has 0 bridgehead atoms. The van der Waals surface area contributed by atoms with Crippen molar-refractivity contribution in [2.45, 2.75) is 33.4 Å². The van der Waals surface area contributed by atoms with Crippen molar-refractivity contribution < 1.29 is 9.21 Å². The largest absolute Gasteiger partial charge is 0.454 e. The molecule has 0 radical (unpaired) electrons. The predicted octanol–water partition coefficient (Wildman–Crippen LogP) is 1.71. The topological polar surface area (TPSA) is 92.6 Å². The molecule has 1 amide bonds. The van der Waals surface area contributed by atoms with Gasteiger partial charge in [-0.05, 0) is 25.0 Å². The first-order valence-electron chi connectivity index (χ1n) is 6.29. The van der Waals surface area contributed by atoms with E-state index in [1.54, 1.807) is 19.2 Å². The van der Waals surface area contributed by atoms with Crippen molar-refractivity contribution in [1.82, 2.24) is 10.6 Å². The molecule has 1 rings (SSSR count). The van der Waals surface area contributed by atoms with Crippen molar-refractivity contribution >= 4 is 35.8 Å². The number of nitrogens with one attached hydrogen (secondary N) is 2. The highest BCUT2D eigenvalue weighted by Crippen LogP contribution is 2.06. The number of nitrogens with two attached hydrogens (primary N) is 1. The van der Waals surface area contributed by atoms with Gasteiger partial charge < -0.3 is 20.8 Å². The van der Waals surface area contributed by atoms with Crippen LogP contribution >= 0.6 is 24.0 Å². The Labute approximate surface area is 136 Å². The van der Waals surface area contributed by atoms with Gasteiger partial charge in [-0.1, -0.05) is 13.8 Å². The van der Waals surface area contributed by atoms with Gasteiger partial charge in [0.1, 0.15) is 5.76 Å². The molecule has 1 unspecified atom stereocenters. The fourth-order valence-corrected chi connectivity index (χ4v) is 1.35. The number of primary amides is 1. The monoisotopic (exact) mass is 394 g/mol. The number of guanidine groups is 1. The van der Waals surface area contributed by atoms with Crippen LogP contribution in [0.25, 0.3) is 0 Å². The minimum atomic E-state index is -0.567. The molecule has 0 aliphatic heterocycles. The first-order chi connectivity index (χ1) is 8.93. The van der Waals surface area contributed by atoms with Crippen LogP contribution in [0.2, 0.25) is 0 Å². The van der Waals surface area contributed by atoms with Crippen molar-refractivity contribution in [1.29, 1.82) is 0 Å². The van der Waals surface area contributed by atoms with Crippen LogP contribution in [-0.2, 0) is 6.54 Å². The number of hydrogen-bond donors (Lipinski definition) is 3. The van der Waals surface area contributed by atoms with Crippen LogP contribution in [0.1, 0.15) is 37.1 Å². The molecule has 1 aromatic heterocycles. The molecule has 1 atom stereocenters. The Kier molecular flexibility index (Phi) is 8.28. The van der Waals surface area contributed by atoms with E-state index < -0.39 is 5.91 Å². The Morgan fingerprint density at radius 2 is 2.05 bits per heavy atom. The Balaban J connectivity index is 0.00000361. The number of halogens is 1. The summed E-state index contributed by atoms with van der Waals surface area (Å²) in [7, 11) is 1.71. The zero-order valence-corrected chi connectivity index (χ0v) is 14.6. The molecular formula is C13H23IN4O2. The lowest BCUT2D eigenvalue weighted by atomic mass is 10.1. The summed E-state index contributed by atoms with van der Waals surface area (Å²) in [6.45, 7) is 6.81. The number of rotatable bonds is 5. The van der Waals surface area contributed by atoms with Gasteiger partial charge >= 0.3 is 0 Å². The van der Waals surface area contributed by atoms with Gasteiger partial charge in [-0.25, -0.2) is 0 Å². The standard InChI is InChI=1S/C13H22N4O2.HI/c1-8(2)9(3)17-13(15-4)16-7-10-5-6-11(19-10)12(14)18;/h5-6,8-9H,7H2,1-4H3,(H2,14,18)(H2,15,16,17);1H. The summed E-state index contributed by atoms with van der Waals surface area (Å²) in [5.74, 6) is 1.42. The van der Waals surface area contributed by atoms with Crippen LogP contribution in [0.4, 0.5) is 0 Å². The van der Waals surface area contributed by atoms with Gasteiger partial charge in [0.2, 0.25) is 0 Å². The Morgan fingerprint density at radius 3 is 2.50 bits per heavy atom. The average molecular weight is 394 g/mol. The Bertz CT molecular complexity index is 457. The molecule has 0 aromatic carbocycles. The third kappa shape index (κ3) is 5.81. The van der Waals surface area contributed by atoms with Gasteiger partial charge in [-0.15, -0.1) is 24.0 Å². The van der Waals surface area contributed by atoms with Crippen LogP contribution in [0, 0.1) is 5.92 Å². The lowest BCUT2D eigenvalue weighted by molar-refractivity contribution is 0.0972. The molecule has 0 aliphatic carbocycles. The fourth-order valence-electron chi connectivity index (χ4n) is 1.35. The number of aliphatic imine (C=N–C) groups is 1. The SMILES string of the molecule is CN=C(NCc1ccc(C(N)=O)o1)NC(C)C(C)C.I.